The van der Waals surface area contributed by atoms with Crippen LogP contribution in [-0.4, -0.2) is 76.5 Å². The second-order valence-electron chi connectivity index (χ2n) is 10.9. The Bertz CT molecular complexity index is 1830. The number of hydrogen-bond acceptors (Lipinski definition) is 6. The fourth-order valence-electron chi connectivity index (χ4n) is 5.85. The number of sulfone groups is 1. The molecule has 1 atom stereocenters. The van der Waals surface area contributed by atoms with Crippen LogP contribution in [0.25, 0.3) is 10.8 Å². The average Bonchev–Trinajstić information content (AvgIpc) is 3.55. The van der Waals surface area contributed by atoms with Crippen molar-refractivity contribution in [3.63, 3.8) is 0 Å². The van der Waals surface area contributed by atoms with Crippen LogP contribution in [0, 0.1) is 6.92 Å². The standard InChI is InChI=1S/C31H30ClN5O5S/c1-20-33-17-26-18-36(31(40)37(20)26)25-11-13-35(14-12-25)30(39)28(34-29(38)21-5-3-2-4-6-21)19-43(41,42)27-10-8-22-15-24(32)9-7-23(22)16-27/h2-10,15-17,25,28H,11-14,18-19H2,1H3,(H,34,38)/t28-/m1/s1. The summed E-state index contributed by atoms with van der Waals surface area (Å²) in [5.41, 5.74) is 1.16. The molecule has 1 saturated heterocycles. The first-order valence-corrected chi connectivity index (χ1v) is 16.0. The first-order valence-electron chi connectivity index (χ1n) is 14.0. The van der Waals surface area contributed by atoms with Gasteiger partial charge < -0.3 is 15.1 Å². The molecule has 0 aliphatic carbocycles. The number of nitrogens with one attached hydrogen (secondary N) is 1. The van der Waals surface area contributed by atoms with E-state index in [2.05, 4.69) is 10.3 Å². The summed E-state index contributed by atoms with van der Waals surface area (Å²) < 4.78 is 28.9. The highest BCUT2D eigenvalue weighted by molar-refractivity contribution is 7.91. The van der Waals surface area contributed by atoms with Gasteiger partial charge in [0, 0.05) is 29.7 Å². The number of likely N-dealkylation sites (tertiary alicyclic amines) is 1. The lowest BCUT2D eigenvalue weighted by Crippen LogP contribution is -2.55. The molecule has 0 saturated carbocycles. The summed E-state index contributed by atoms with van der Waals surface area (Å²) in [4.78, 5) is 47.6. The molecule has 12 heteroatoms. The minimum absolute atomic E-state index is 0.0500. The summed E-state index contributed by atoms with van der Waals surface area (Å²) >= 11 is 6.08. The van der Waals surface area contributed by atoms with Gasteiger partial charge >= 0.3 is 6.03 Å². The van der Waals surface area contributed by atoms with Crippen LogP contribution in [0.3, 0.4) is 0 Å². The number of hydrogen-bond donors (Lipinski definition) is 1. The molecule has 3 aromatic carbocycles. The summed E-state index contributed by atoms with van der Waals surface area (Å²) in [7, 11) is -3.99. The smallest absolute Gasteiger partial charge is 0.330 e. The number of benzene rings is 3. The Morgan fingerprint density at radius 3 is 2.44 bits per heavy atom. The van der Waals surface area contributed by atoms with Gasteiger partial charge in [-0.05, 0) is 66.9 Å². The molecular formula is C31H30ClN5O5S. The molecule has 222 valence electrons. The van der Waals surface area contributed by atoms with Crippen molar-refractivity contribution in [2.24, 2.45) is 0 Å². The molecule has 6 rings (SSSR count). The summed E-state index contributed by atoms with van der Waals surface area (Å²) in [6, 6.07) is 16.7. The average molecular weight is 620 g/mol. The maximum atomic E-state index is 13.8. The van der Waals surface area contributed by atoms with Crippen molar-refractivity contribution in [2.45, 2.75) is 43.3 Å². The van der Waals surface area contributed by atoms with Crippen LogP contribution < -0.4 is 5.32 Å². The predicted molar refractivity (Wildman–Crippen MR) is 162 cm³/mol. The fraction of sp³-hybridized carbons (Fsp3) is 0.290. The molecule has 3 heterocycles. The minimum atomic E-state index is -3.99. The maximum Gasteiger partial charge on any atom is 0.330 e. The van der Waals surface area contributed by atoms with Gasteiger partial charge in [0.15, 0.2) is 9.84 Å². The Morgan fingerprint density at radius 2 is 1.72 bits per heavy atom. The van der Waals surface area contributed by atoms with Gasteiger partial charge in [-0.3, -0.25) is 14.2 Å². The van der Waals surface area contributed by atoms with Crippen LogP contribution in [0.5, 0.6) is 0 Å². The van der Waals surface area contributed by atoms with Crippen LogP contribution in [0.4, 0.5) is 4.79 Å². The van der Waals surface area contributed by atoms with Crippen molar-refractivity contribution in [1.82, 2.24) is 24.7 Å². The molecule has 0 spiro atoms. The van der Waals surface area contributed by atoms with Crippen LogP contribution in [0.1, 0.15) is 34.7 Å². The molecule has 43 heavy (non-hydrogen) atoms. The molecule has 3 amide bonds. The van der Waals surface area contributed by atoms with Crippen molar-refractivity contribution < 1.29 is 22.8 Å². The maximum absolute atomic E-state index is 13.8. The van der Waals surface area contributed by atoms with Crippen LogP contribution in [0.2, 0.25) is 5.02 Å². The molecule has 0 unspecified atom stereocenters. The van der Waals surface area contributed by atoms with E-state index in [0.29, 0.717) is 54.3 Å². The lowest BCUT2D eigenvalue weighted by atomic mass is 10.0. The number of carbonyl (C=O) groups is 3. The van der Waals surface area contributed by atoms with Crippen LogP contribution in [-0.2, 0) is 21.2 Å². The zero-order valence-corrected chi connectivity index (χ0v) is 25.0. The minimum Gasteiger partial charge on any atom is -0.341 e. The highest BCUT2D eigenvalue weighted by atomic mass is 35.5. The molecular weight excluding hydrogens is 590 g/mol. The number of halogens is 1. The lowest BCUT2D eigenvalue weighted by Gasteiger charge is -2.37. The number of aryl methyl sites for hydroxylation is 1. The van der Waals surface area contributed by atoms with Crippen molar-refractivity contribution in [3.8, 4) is 0 Å². The van der Waals surface area contributed by atoms with Crippen molar-refractivity contribution in [2.75, 3.05) is 18.8 Å². The van der Waals surface area contributed by atoms with E-state index in [1.807, 2.05) is 0 Å². The molecule has 0 bridgehead atoms. The van der Waals surface area contributed by atoms with E-state index in [0.717, 1.165) is 11.1 Å². The van der Waals surface area contributed by atoms with Gasteiger partial charge in [0.05, 0.1) is 29.1 Å². The fourth-order valence-corrected chi connectivity index (χ4v) is 7.47. The monoisotopic (exact) mass is 619 g/mol. The largest absolute Gasteiger partial charge is 0.341 e. The third kappa shape index (κ3) is 5.74. The summed E-state index contributed by atoms with van der Waals surface area (Å²) in [5.74, 6) is -0.970. The topological polar surface area (TPSA) is 122 Å². The van der Waals surface area contributed by atoms with Gasteiger partial charge in [-0.2, -0.15) is 0 Å². The Hall–Kier alpha value is -4.22. The number of imidazole rings is 1. The van der Waals surface area contributed by atoms with Gasteiger partial charge in [0.1, 0.15) is 11.9 Å². The second kappa shape index (κ2) is 11.5. The molecule has 2 aliphatic rings. The van der Waals surface area contributed by atoms with Gasteiger partial charge in [-0.15, -0.1) is 0 Å². The Morgan fingerprint density at radius 1 is 1.02 bits per heavy atom. The molecule has 0 radical (unpaired) electrons. The third-order valence-electron chi connectivity index (χ3n) is 8.16. The molecule has 1 aromatic heterocycles. The highest BCUT2D eigenvalue weighted by Crippen LogP contribution is 2.27. The second-order valence-corrected chi connectivity index (χ2v) is 13.4. The third-order valence-corrected chi connectivity index (χ3v) is 10.1. The van der Waals surface area contributed by atoms with E-state index in [1.165, 1.54) is 6.07 Å². The Labute approximate surface area is 254 Å². The highest BCUT2D eigenvalue weighted by Gasteiger charge is 2.38. The normalized spacial score (nSPS) is 16.4. The number of amides is 3. The summed E-state index contributed by atoms with van der Waals surface area (Å²) in [5, 5.41) is 4.71. The van der Waals surface area contributed by atoms with E-state index in [9.17, 15) is 22.8 Å². The van der Waals surface area contributed by atoms with Crippen LogP contribution >= 0.6 is 11.6 Å². The number of carbonyl (C=O) groups excluding carboxylic acids is 3. The number of aromatic nitrogens is 2. The number of nitrogens with zero attached hydrogens (tertiary/aromatic N) is 4. The molecule has 2 aliphatic heterocycles. The van der Waals surface area contributed by atoms with Crippen molar-refractivity contribution >= 4 is 50.1 Å². The van der Waals surface area contributed by atoms with Gasteiger partial charge in [-0.1, -0.05) is 41.9 Å². The molecule has 1 fully saturated rings. The molecule has 1 N–H and O–H groups in total. The number of rotatable bonds is 7. The SMILES string of the molecule is Cc1ncc2n1C(=O)N(C1CCN(C(=O)[C@@H](CS(=O)(=O)c3ccc4cc(Cl)ccc4c3)NC(=O)c3ccccc3)CC1)C2. The van der Waals surface area contributed by atoms with Gasteiger partial charge in [-0.25, -0.2) is 18.2 Å². The first kappa shape index (κ1) is 28.9. The lowest BCUT2D eigenvalue weighted by molar-refractivity contribution is -0.134. The summed E-state index contributed by atoms with van der Waals surface area (Å²) in [6.07, 6.45) is 2.78. The quantitative estimate of drug-likeness (QED) is 0.333. The van der Waals surface area contributed by atoms with E-state index < -0.39 is 33.4 Å². The molecule has 4 aromatic rings. The summed E-state index contributed by atoms with van der Waals surface area (Å²) in [6.45, 7) is 2.91. The van der Waals surface area contributed by atoms with E-state index in [1.54, 1.807) is 88.2 Å². The Kier molecular flexibility index (Phi) is 7.70. The van der Waals surface area contributed by atoms with Crippen LogP contribution in [0.15, 0.2) is 77.8 Å². The predicted octanol–water partition coefficient (Wildman–Crippen LogP) is 4.05. The van der Waals surface area contributed by atoms with Crippen molar-refractivity contribution in [1.29, 1.82) is 0 Å². The number of piperidine rings is 1. The van der Waals surface area contributed by atoms with E-state index in [4.69, 9.17) is 11.6 Å². The van der Waals surface area contributed by atoms with Gasteiger partial charge in [0.2, 0.25) is 5.91 Å². The van der Waals surface area contributed by atoms with Gasteiger partial charge in [0.25, 0.3) is 5.91 Å². The first-order chi connectivity index (χ1) is 20.6. The Balaban J connectivity index is 1.20. The van der Waals surface area contributed by atoms with E-state index in [-0.39, 0.29) is 17.0 Å². The zero-order chi connectivity index (χ0) is 30.3. The van der Waals surface area contributed by atoms with E-state index >= 15 is 0 Å². The molecule has 10 nitrogen and oxygen atoms in total. The number of fused-ring (bicyclic) bond motifs is 2. The zero-order valence-electron chi connectivity index (χ0n) is 23.4. The van der Waals surface area contributed by atoms with Crippen molar-refractivity contribution in [3.05, 3.63) is 95.0 Å².